The summed E-state index contributed by atoms with van der Waals surface area (Å²) in [5, 5.41) is 1.77. The van der Waals surface area contributed by atoms with Gasteiger partial charge in [-0.2, -0.15) is 0 Å². The molecular weight excluding hydrogens is 214 g/mol. The van der Waals surface area contributed by atoms with Crippen LogP contribution in [-0.4, -0.2) is 0 Å². The second-order valence-electron chi connectivity index (χ2n) is 1.69. The Morgan fingerprint density at radius 3 is 1.78 bits per heavy atom. The minimum absolute atomic E-state index is 0.510. The van der Waals surface area contributed by atoms with E-state index in [1.165, 1.54) is 0 Å². The molecular formula is C5H2Cl3Ti. The van der Waals surface area contributed by atoms with Gasteiger partial charge in [0.25, 0.3) is 0 Å². The van der Waals surface area contributed by atoms with Crippen LogP contribution >= 0.6 is 34.8 Å². The van der Waals surface area contributed by atoms with Crippen LogP contribution in [0, 0.1) is 0 Å². The molecule has 0 aromatic heterocycles. The van der Waals surface area contributed by atoms with Crippen molar-refractivity contribution in [2.75, 3.05) is 0 Å². The van der Waals surface area contributed by atoms with Gasteiger partial charge in [0.15, 0.2) is 0 Å². The summed E-state index contributed by atoms with van der Waals surface area (Å²) >= 11 is 19.0. The summed E-state index contributed by atoms with van der Waals surface area (Å²) in [5.41, 5.74) is 0. The third-order valence-electron chi connectivity index (χ3n) is 1.03. The monoisotopic (exact) mass is 215 g/mol. The van der Waals surface area contributed by atoms with Crippen molar-refractivity contribution < 1.29 is 20.4 Å². The van der Waals surface area contributed by atoms with E-state index in [1.54, 1.807) is 0 Å². The van der Waals surface area contributed by atoms with Crippen molar-refractivity contribution in [1.82, 2.24) is 0 Å². The molecule has 1 aliphatic carbocycles. The Kier molecular flexibility index (Phi) is 2.70. The van der Waals surface area contributed by atoms with E-state index in [9.17, 15) is 0 Å². The van der Waals surface area contributed by atoms with Gasteiger partial charge >= 0.3 is 80.6 Å². The standard InChI is InChI=1S/C5H2Cl3.Ti/c6-3-1-2-4(7)5(3)8;/h1H2;. The molecule has 0 amide bonds. The summed E-state index contributed by atoms with van der Waals surface area (Å²) < 4.78 is 1.05. The third-order valence-corrected chi connectivity index (χ3v) is 3.29. The average molecular weight is 216 g/mol. The van der Waals surface area contributed by atoms with Crippen LogP contribution in [0.25, 0.3) is 0 Å². The Bertz CT molecular complexity index is 182. The number of rotatable bonds is 0. The molecule has 1 rings (SSSR count). The molecule has 0 aromatic carbocycles. The number of halogens is 3. The first kappa shape index (κ1) is 8.16. The molecule has 0 unspecified atom stereocenters. The summed E-state index contributed by atoms with van der Waals surface area (Å²) in [6.45, 7) is 0. The predicted octanol–water partition coefficient (Wildman–Crippen LogP) is 3.08. The van der Waals surface area contributed by atoms with Gasteiger partial charge in [-0.05, 0) is 0 Å². The number of hydrogen-bond donors (Lipinski definition) is 0. The summed E-state index contributed by atoms with van der Waals surface area (Å²) in [6, 6.07) is 0. The molecule has 0 bridgehead atoms. The van der Waals surface area contributed by atoms with E-state index >= 15 is 0 Å². The Hall–Kier alpha value is 1.06. The normalized spacial score (nSPS) is 19.8. The molecule has 9 heavy (non-hydrogen) atoms. The molecule has 0 radical (unpaired) electrons. The van der Waals surface area contributed by atoms with Crippen LogP contribution in [0.3, 0.4) is 0 Å². The fraction of sp³-hybridized carbons (Fsp3) is 0.200. The third kappa shape index (κ3) is 1.55. The second kappa shape index (κ2) is 2.98. The van der Waals surface area contributed by atoms with Gasteiger partial charge in [-0.1, -0.05) is 0 Å². The second-order valence-corrected chi connectivity index (χ2v) is 3.84. The van der Waals surface area contributed by atoms with Crippen molar-refractivity contribution in [3.05, 3.63) is 19.0 Å². The van der Waals surface area contributed by atoms with Crippen molar-refractivity contribution in [1.29, 1.82) is 0 Å². The maximum atomic E-state index is 5.71. The summed E-state index contributed by atoms with van der Waals surface area (Å²) in [4.78, 5) is 0. The molecule has 47 valence electrons. The van der Waals surface area contributed by atoms with Gasteiger partial charge in [0.2, 0.25) is 0 Å². The van der Waals surface area contributed by atoms with E-state index in [0.717, 1.165) is 3.88 Å². The van der Waals surface area contributed by atoms with Gasteiger partial charge in [-0.25, -0.2) is 0 Å². The molecule has 0 N–H and O–H groups in total. The van der Waals surface area contributed by atoms with E-state index in [1.807, 2.05) is 20.4 Å². The molecule has 0 atom stereocenters. The van der Waals surface area contributed by atoms with E-state index in [-0.39, 0.29) is 0 Å². The average Bonchev–Trinajstić information content (AvgIpc) is 1.98. The molecule has 0 saturated carbocycles. The first-order chi connectivity index (χ1) is 4.13. The van der Waals surface area contributed by atoms with Gasteiger partial charge in [0.1, 0.15) is 0 Å². The van der Waals surface area contributed by atoms with E-state index in [2.05, 4.69) is 0 Å². The van der Waals surface area contributed by atoms with Crippen molar-refractivity contribution in [3.8, 4) is 0 Å². The molecule has 0 nitrogen and oxygen atoms in total. The Balaban J connectivity index is 2.97. The van der Waals surface area contributed by atoms with E-state index < -0.39 is 0 Å². The van der Waals surface area contributed by atoms with Crippen LogP contribution in [0.2, 0.25) is 0 Å². The minimum atomic E-state index is 0.510. The zero-order valence-corrected chi connectivity index (χ0v) is 8.17. The van der Waals surface area contributed by atoms with Crippen LogP contribution in [0.4, 0.5) is 0 Å². The van der Waals surface area contributed by atoms with Crippen LogP contribution in [0.1, 0.15) is 6.42 Å². The van der Waals surface area contributed by atoms with Crippen molar-refractivity contribution in [2.24, 2.45) is 0 Å². The molecule has 4 heteroatoms. The topological polar surface area (TPSA) is 0 Å². The van der Waals surface area contributed by atoms with Crippen LogP contribution < -0.4 is 0 Å². The summed E-state index contributed by atoms with van der Waals surface area (Å²) in [7, 11) is 0. The SMILES string of the molecule is ClC1=C(Cl)C(Cl)=[C]([Ti])C1. The Morgan fingerprint density at radius 1 is 1.11 bits per heavy atom. The maximum absolute atomic E-state index is 5.71. The van der Waals surface area contributed by atoms with Crippen LogP contribution in [-0.2, 0) is 20.4 Å². The molecule has 0 heterocycles. The molecule has 0 saturated heterocycles. The van der Waals surface area contributed by atoms with E-state index in [4.69, 9.17) is 34.8 Å². The first-order valence-electron chi connectivity index (χ1n) is 2.27. The Morgan fingerprint density at radius 2 is 1.67 bits per heavy atom. The zero-order valence-electron chi connectivity index (χ0n) is 4.34. The quantitative estimate of drug-likeness (QED) is 0.546. The predicted molar refractivity (Wildman–Crippen MR) is 36.2 cm³/mol. The number of allylic oxidation sites excluding steroid dienone is 4. The fourth-order valence-corrected chi connectivity index (χ4v) is 1.97. The summed E-state index contributed by atoms with van der Waals surface area (Å²) in [5.74, 6) is 0. The molecule has 0 fully saturated rings. The zero-order chi connectivity index (χ0) is 7.02. The van der Waals surface area contributed by atoms with Crippen molar-refractivity contribution in [2.45, 2.75) is 6.42 Å². The van der Waals surface area contributed by atoms with Crippen molar-refractivity contribution >= 4 is 34.8 Å². The van der Waals surface area contributed by atoms with Crippen LogP contribution in [0.5, 0.6) is 0 Å². The van der Waals surface area contributed by atoms with Gasteiger partial charge in [-0.3, -0.25) is 0 Å². The van der Waals surface area contributed by atoms with Gasteiger partial charge in [0.05, 0.1) is 0 Å². The molecule has 1 aliphatic rings. The number of hydrogen-bond acceptors (Lipinski definition) is 0. The molecule has 0 aromatic rings. The van der Waals surface area contributed by atoms with Crippen LogP contribution in [0.15, 0.2) is 19.0 Å². The van der Waals surface area contributed by atoms with Gasteiger partial charge < -0.3 is 0 Å². The fourth-order valence-electron chi connectivity index (χ4n) is 0.562. The molecule has 0 spiro atoms. The van der Waals surface area contributed by atoms with Gasteiger partial charge in [-0.15, -0.1) is 0 Å². The van der Waals surface area contributed by atoms with Gasteiger partial charge in [0, 0.05) is 0 Å². The van der Waals surface area contributed by atoms with Crippen molar-refractivity contribution in [3.63, 3.8) is 0 Å². The molecule has 0 aliphatic heterocycles. The first-order valence-corrected chi connectivity index (χ1v) is 4.19. The Labute approximate surface area is 80.2 Å². The summed E-state index contributed by atoms with van der Waals surface area (Å²) in [6.07, 6.45) is 0.708. The van der Waals surface area contributed by atoms with E-state index in [0.29, 0.717) is 21.5 Å².